The van der Waals surface area contributed by atoms with Gasteiger partial charge >= 0.3 is 5.97 Å². The molecule has 3 nitrogen and oxygen atoms in total. The molecule has 1 rings (SSSR count). The molecule has 3 heteroatoms. The molecule has 0 saturated carbocycles. The minimum absolute atomic E-state index is 0. The highest BCUT2D eigenvalue weighted by atomic mass is 16.6. The second-order valence-corrected chi connectivity index (χ2v) is 4.51. The smallest absolute Gasteiger partial charge is 0.305 e. The normalized spacial score (nSPS) is 17.4. The van der Waals surface area contributed by atoms with E-state index in [2.05, 4.69) is 6.92 Å². The van der Waals surface area contributed by atoms with Gasteiger partial charge in [0.2, 0.25) is 0 Å². The minimum Gasteiger partial charge on any atom is -0.463 e. The average molecular weight is 244 g/mol. The van der Waals surface area contributed by atoms with Crippen LogP contribution in [0, 0.1) is 0 Å². The third kappa shape index (κ3) is 10.3. The zero-order valence-electron chi connectivity index (χ0n) is 10.4. The number of hydrogen-bond donors (Lipinski definition) is 0. The molecule has 102 valence electrons. The third-order valence-electron chi connectivity index (χ3n) is 2.82. The van der Waals surface area contributed by atoms with Crippen molar-refractivity contribution in [1.82, 2.24) is 0 Å². The molecular formula is C14H28O3. The fraction of sp³-hybridized carbons (Fsp3) is 0.929. The molecule has 1 heterocycles. The van der Waals surface area contributed by atoms with E-state index in [4.69, 9.17) is 9.47 Å². The van der Waals surface area contributed by atoms with Crippen molar-refractivity contribution in [2.24, 2.45) is 0 Å². The Morgan fingerprint density at radius 2 is 1.76 bits per heavy atom. The Kier molecular flexibility index (Phi) is 10.2. The van der Waals surface area contributed by atoms with Crippen LogP contribution in [-0.2, 0) is 14.3 Å². The van der Waals surface area contributed by atoms with Crippen molar-refractivity contribution in [3.8, 4) is 0 Å². The largest absolute Gasteiger partial charge is 0.463 e. The van der Waals surface area contributed by atoms with Crippen molar-refractivity contribution in [3.05, 3.63) is 0 Å². The van der Waals surface area contributed by atoms with Crippen LogP contribution in [0.2, 0.25) is 0 Å². The highest BCUT2D eigenvalue weighted by molar-refractivity contribution is 5.69. The van der Waals surface area contributed by atoms with Crippen LogP contribution >= 0.6 is 0 Å². The third-order valence-corrected chi connectivity index (χ3v) is 2.82. The van der Waals surface area contributed by atoms with Crippen LogP contribution in [0.5, 0.6) is 0 Å². The molecule has 1 atom stereocenters. The van der Waals surface area contributed by atoms with Crippen LogP contribution < -0.4 is 0 Å². The molecule has 0 aromatic carbocycles. The summed E-state index contributed by atoms with van der Waals surface area (Å²) in [5.41, 5.74) is 0. The van der Waals surface area contributed by atoms with Crippen molar-refractivity contribution in [2.45, 2.75) is 71.8 Å². The molecule has 0 aromatic rings. The van der Waals surface area contributed by atoms with E-state index in [9.17, 15) is 4.79 Å². The Morgan fingerprint density at radius 1 is 1.18 bits per heavy atom. The number of esters is 1. The standard InChI is InChI=1S/C13H24O3.CH4/c1-2-3-4-5-6-7-8-9-13(14)16-11-12-10-15-12;/h12H,2-11H2,1H3;1H4. The topological polar surface area (TPSA) is 38.8 Å². The zero-order valence-corrected chi connectivity index (χ0v) is 10.4. The summed E-state index contributed by atoms with van der Waals surface area (Å²) >= 11 is 0. The van der Waals surface area contributed by atoms with E-state index < -0.39 is 0 Å². The molecule has 1 saturated heterocycles. The maximum Gasteiger partial charge on any atom is 0.305 e. The van der Waals surface area contributed by atoms with E-state index in [1.807, 2.05) is 0 Å². The van der Waals surface area contributed by atoms with Crippen molar-refractivity contribution < 1.29 is 14.3 Å². The van der Waals surface area contributed by atoms with Crippen LogP contribution in [-0.4, -0.2) is 25.3 Å². The molecule has 0 N–H and O–H groups in total. The van der Waals surface area contributed by atoms with E-state index in [-0.39, 0.29) is 19.5 Å². The molecule has 1 aliphatic rings. The summed E-state index contributed by atoms with van der Waals surface area (Å²) in [6.45, 7) is 3.43. The molecule has 1 fully saturated rings. The second kappa shape index (κ2) is 10.6. The first-order valence-corrected chi connectivity index (χ1v) is 6.60. The van der Waals surface area contributed by atoms with Crippen LogP contribution in [0.15, 0.2) is 0 Å². The lowest BCUT2D eigenvalue weighted by Gasteiger charge is -2.02. The predicted octanol–water partition coefficient (Wildman–Crippen LogP) is 3.71. The van der Waals surface area contributed by atoms with Crippen LogP contribution in [0.1, 0.15) is 65.7 Å². The van der Waals surface area contributed by atoms with Gasteiger partial charge < -0.3 is 9.47 Å². The van der Waals surface area contributed by atoms with Gasteiger partial charge in [-0.1, -0.05) is 52.9 Å². The maximum absolute atomic E-state index is 11.2. The van der Waals surface area contributed by atoms with Crippen LogP contribution in [0.4, 0.5) is 0 Å². The molecule has 0 aromatic heterocycles. The van der Waals surface area contributed by atoms with Crippen LogP contribution in [0.3, 0.4) is 0 Å². The minimum atomic E-state index is -0.0657. The fourth-order valence-corrected chi connectivity index (χ4v) is 1.65. The van der Waals surface area contributed by atoms with Crippen molar-refractivity contribution >= 4 is 5.97 Å². The van der Waals surface area contributed by atoms with Crippen molar-refractivity contribution in [2.75, 3.05) is 13.2 Å². The lowest BCUT2D eigenvalue weighted by atomic mass is 10.1. The molecule has 0 aliphatic carbocycles. The Hall–Kier alpha value is -0.570. The SMILES string of the molecule is C.CCCCCCCCCC(=O)OCC1CO1. The molecule has 0 bridgehead atoms. The summed E-state index contributed by atoms with van der Waals surface area (Å²) < 4.78 is 10.0. The van der Waals surface area contributed by atoms with Gasteiger partial charge in [-0.2, -0.15) is 0 Å². The number of carbonyl (C=O) groups excluding carboxylic acids is 1. The summed E-state index contributed by atoms with van der Waals surface area (Å²) in [5, 5.41) is 0. The van der Waals surface area contributed by atoms with Gasteiger partial charge in [0.05, 0.1) is 6.61 Å². The first-order valence-electron chi connectivity index (χ1n) is 6.60. The first kappa shape index (κ1) is 16.4. The van der Waals surface area contributed by atoms with E-state index >= 15 is 0 Å². The average Bonchev–Trinajstić information content (AvgIpc) is 3.09. The molecule has 17 heavy (non-hydrogen) atoms. The van der Waals surface area contributed by atoms with Crippen molar-refractivity contribution in [3.63, 3.8) is 0 Å². The summed E-state index contributed by atoms with van der Waals surface area (Å²) in [6.07, 6.45) is 9.39. The Balaban J connectivity index is 0.00000256. The lowest BCUT2D eigenvalue weighted by Crippen LogP contribution is -2.09. The Bertz CT molecular complexity index is 188. The van der Waals surface area contributed by atoms with Gasteiger partial charge in [0.1, 0.15) is 12.7 Å². The van der Waals surface area contributed by atoms with Crippen LogP contribution in [0.25, 0.3) is 0 Å². The zero-order chi connectivity index (χ0) is 11.6. The molecular weight excluding hydrogens is 216 g/mol. The van der Waals surface area contributed by atoms with E-state index in [0.717, 1.165) is 19.4 Å². The monoisotopic (exact) mass is 244 g/mol. The fourth-order valence-electron chi connectivity index (χ4n) is 1.65. The number of epoxide rings is 1. The molecule has 0 radical (unpaired) electrons. The number of hydrogen-bond acceptors (Lipinski definition) is 3. The van der Waals surface area contributed by atoms with Gasteiger partial charge in [0.15, 0.2) is 0 Å². The number of ether oxygens (including phenoxy) is 2. The molecule has 1 aliphatic heterocycles. The highest BCUT2D eigenvalue weighted by Crippen LogP contribution is 2.11. The number of carbonyl (C=O) groups is 1. The van der Waals surface area contributed by atoms with Gasteiger partial charge in [-0.3, -0.25) is 4.79 Å². The lowest BCUT2D eigenvalue weighted by molar-refractivity contribution is -0.144. The van der Waals surface area contributed by atoms with Crippen molar-refractivity contribution in [1.29, 1.82) is 0 Å². The predicted molar refractivity (Wildman–Crippen MR) is 70.0 cm³/mol. The van der Waals surface area contributed by atoms with Gasteiger partial charge in [-0.05, 0) is 6.42 Å². The summed E-state index contributed by atoms with van der Waals surface area (Å²) in [7, 11) is 0. The number of rotatable bonds is 10. The van der Waals surface area contributed by atoms with E-state index in [1.54, 1.807) is 0 Å². The summed E-state index contributed by atoms with van der Waals surface area (Å²) in [6, 6.07) is 0. The second-order valence-electron chi connectivity index (χ2n) is 4.51. The summed E-state index contributed by atoms with van der Waals surface area (Å²) in [5.74, 6) is -0.0657. The Labute approximate surface area is 106 Å². The quantitative estimate of drug-likeness (QED) is 0.334. The first-order chi connectivity index (χ1) is 7.83. The summed E-state index contributed by atoms with van der Waals surface area (Å²) in [4.78, 5) is 11.2. The Morgan fingerprint density at radius 3 is 2.35 bits per heavy atom. The maximum atomic E-state index is 11.2. The van der Waals surface area contributed by atoms with E-state index in [0.29, 0.717) is 13.0 Å². The molecule has 0 spiro atoms. The van der Waals surface area contributed by atoms with Gasteiger partial charge in [-0.25, -0.2) is 0 Å². The van der Waals surface area contributed by atoms with Gasteiger partial charge in [0, 0.05) is 6.42 Å². The molecule has 1 unspecified atom stereocenters. The van der Waals surface area contributed by atoms with Gasteiger partial charge in [0.25, 0.3) is 0 Å². The number of unbranched alkanes of at least 4 members (excludes halogenated alkanes) is 6. The molecule has 0 amide bonds. The highest BCUT2D eigenvalue weighted by Gasteiger charge is 2.23. The van der Waals surface area contributed by atoms with Gasteiger partial charge in [-0.15, -0.1) is 0 Å². The van der Waals surface area contributed by atoms with E-state index in [1.165, 1.54) is 32.1 Å².